The third-order valence-corrected chi connectivity index (χ3v) is 12.7. The molecule has 0 radical (unpaired) electrons. The summed E-state index contributed by atoms with van der Waals surface area (Å²) in [6, 6.07) is 71.2. The van der Waals surface area contributed by atoms with Gasteiger partial charge in [-0.1, -0.05) is 140 Å². The fourth-order valence-corrected chi connectivity index (χ4v) is 10.1. The molecule has 0 bridgehead atoms. The molecular weight excluding hydrogens is 727 g/mol. The van der Waals surface area contributed by atoms with Gasteiger partial charge in [0.25, 0.3) is 0 Å². The Balaban J connectivity index is 1.02. The number of rotatable bonds is 6. The minimum absolute atomic E-state index is 0.861. The van der Waals surface area contributed by atoms with Crippen LogP contribution in [0.5, 0.6) is 0 Å². The Kier molecular flexibility index (Phi) is 7.40. The largest absolute Gasteiger partial charge is 0.455 e. The molecule has 3 nitrogen and oxygen atoms in total. The van der Waals surface area contributed by atoms with E-state index in [-0.39, 0.29) is 0 Å². The Labute approximate surface area is 338 Å². The molecule has 0 aliphatic heterocycles. The molecular formula is C54H33NO2S. The van der Waals surface area contributed by atoms with Gasteiger partial charge in [0.15, 0.2) is 0 Å². The SMILES string of the molecule is c1ccc(N(c2ccc(-c3cccc4c3oc3ccccc34)cc2)c2ccc(-c3cccc(-c4cccc5c4sc4ccccc45)c3)c3oc4ccccc4c23)cc1. The van der Waals surface area contributed by atoms with E-state index in [0.717, 1.165) is 83.2 Å². The molecule has 0 N–H and O–H groups in total. The third-order valence-electron chi connectivity index (χ3n) is 11.5. The van der Waals surface area contributed by atoms with Crippen LogP contribution in [0.25, 0.3) is 97.4 Å². The van der Waals surface area contributed by atoms with Crippen molar-refractivity contribution in [3.05, 3.63) is 200 Å². The van der Waals surface area contributed by atoms with Gasteiger partial charge in [-0.15, -0.1) is 11.3 Å². The summed E-state index contributed by atoms with van der Waals surface area (Å²) in [4.78, 5) is 2.35. The molecule has 0 saturated heterocycles. The molecule has 3 aromatic heterocycles. The summed E-state index contributed by atoms with van der Waals surface area (Å²) in [5, 5.41) is 7.01. The summed E-state index contributed by atoms with van der Waals surface area (Å²) >= 11 is 1.86. The summed E-state index contributed by atoms with van der Waals surface area (Å²) < 4.78 is 15.9. The highest BCUT2D eigenvalue weighted by Crippen LogP contribution is 2.47. The maximum absolute atomic E-state index is 6.86. The van der Waals surface area contributed by atoms with E-state index < -0.39 is 0 Å². The highest BCUT2D eigenvalue weighted by Gasteiger charge is 2.23. The van der Waals surface area contributed by atoms with E-state index in [1.165, 1.54) is 31.3 Å². The Morgan fingerprint density at radius 2 is 0.948 bits per heavy atom. The van der Waals surface area contributed by atoms with Gasteiger partial charge in [-0.05, 0) is 82.9 Å². The molecule has 0 saturated carbocycles. The average molecular weight is 760 g/mol. The van der Waals surface area contributed by atoms with Crippen LogP contribution in [0.15, 0.2) is 209 Å². The first-order valence-corrected chi connectivity index (χ1v) is 20.4. The van der Waals surface area contributed by atoms with E-state index >= 15 is 0 Å². The van der Waals surface area contributed by atoms with Gasteiger partial charge in [0.2, 0.25) is 0 Å². The number of anilines is 3. The Morgan fingerprint density at radius 3 is 1.78 bits per heavy atom. The number of hydrogen-bond acceptors (Lipinski definition) is 4. The quantitative estimate of drug-likeness (QED) is 0.169. The lowest BCUT2D eigenvalue weighted by atomic mass is 9.96. The van der Waals surface area contributed by atoms with Crippen LogP contribution in [0.2, 0.25) is 0 Å². The second-order valence-electron chi connectivity index (χ2n) is 14.8. The molecule has 0 fully saturated rings. The van der Waals surface area contributed by atoms with E-state index in [1.807, 2.05) is 29.5 Å². The summed E-state index contributed by atoms with van der Waals surface area (Å²) in [6.07, 6.45) is 0. The molecule has 58 heavy (non-hydrogen) atoms. The van der Waals surface area contributed by atoms with Crippen molar-refractivity contribution in [2.45, 2.75) is 0 Å². The van der Waals surface area contributed by atoms with Gasteiger partial charge in [0.05, 0.1) is 11.1 Å². The van der Waals surface area contributed by atoms with Crippen LogP contribution in [0.1, 0.15) is 0 Å². The Bertz CT molecular complexity index is 3520. The maximum Gasteiger partial charge on any atom is 0.145 e. The van der Waals surface area contributed by atoms with Gasteiger partial charge < -0.3 is 13.7 Å². The van der Waals surface area contributed by atoms with E-state index in [9.17, 15) is 0 Å². The highest BCUT2D eigenvalue weighted by atomic mass is 32.1. The van der Waals surface area contributed by atoms with Crippen molar-refractivity contribution in [2.75, 3.05) is 4.90 Å². The standard InChI is InChI=1S/C54H33NO2S/c1-2-15-37(16-3-1)55(38-29-27-34(28-30-38)39-20-11-22-44-42-17-4-7-24-48(42)56-52(39)44)47-32-31-40(53-51(47)46-19-5-8-25-49(46)57-53)35-13-10-14-36(33-35)41-21-12-23-45-43-18-6-9-26-50(43)58-54(41)45/h1-33H. The van der Waals surface area contributed by atoms with Crippen molar-refractivity contribution in [3.8, 4) is 33.4 Å². The molecule has 12 aromatic rings. The lowest BCUT2D eigenvalue weighted by molar-refractivity contribution is 0.669. The van der Waals surface area contributed by atoms with E-state index in [2.05, 4.69) is 187 Å². The molecule has 9 aromatic carbocycles. The predicted octanol–water partition coefficient (Wildman–Crippen LogP) is 16.3. The first-order valence-electron chi connectivity index (χ1n) is 19.6. The van der Waals surface area contributed by atoms with Crippen molar-refractivity contribution in [2.24, 2.45) is 0 Å². The monoisotopic (exact) mass is 759 g/mol. The number of nitrogens with zero attached hydrogens (tertiary/aromatic N) is 1. The van der Waals surface area contributed by atoms with Crippen molar-refractivity contribution >= 4 is 92.4 Å². The summed E-state index contributed by atoms with van der Waals surface area (Å²) in [5.74, 6) is 0. The van der Waals surface area contributed by atoms with Gasteiger partial charge in [-0.2, -0.15) is 0 Å². The summed E-state index contributed by atoms with van der Waals surface area (Å²) in [6.45, 7) is 0. The molecule has 0 amide bonds. The van der Waals surface area contributed by atoms with Gasteiger partial charge in [-0.25, -0.2) is 0 Å². The summed E-state index contributed by atoms with van der Waals surface area (Å²) in [7, 11) is 0. The number of fused-ring (bicyclic) bond motifs is 9. The fraction of sp³-hybridized carbons (Fsp3) is 0. The van der Waals surface area contributed by atoms with Gasteiger partial charge >= 0.3 is 0 Å². The molecule has 272 valence electrons. The second-order valence-corrected chi connectivity index (χ2v) is 15.8. The number of benzene rings is 9. The van der Waals surface area contributed by atoms with Crippen LogP contribution in [-0.2, 0) is 0 Å². The van der Waals surface area contributed by atoms with Crippen LogP contribution in [-0.4, -0.2) is 0 Å². The van der Waals surface area contributed by atoms with Crippen molar-refractivity contribution in [1.29, 1.82) is 0 Å². The Hall–Kier alpha value is -7.40. The predicted molar refractivity (Wildman–Crippen MR) is 245 cm³/mol. The Morgan fingerprint density at radius 1 is 0.362 bits per heavy atom. The molecule has 0 unspecified atom stereocenters. The third kappa shape index (κ3) is 5.12. The lowest BCUT2D eigenvalue weighted by Gasteiger charge is -2.27. The minimum Gasteiger partial charge on any atom is -0.455 e. The molecule has 4 heteroatoms. The first kappa shape index (κ1) is 32.8. The number of hydrogen-bond donors (Lipinski definition) is 0. The zero-order valence-electron chi connectivity index (χ0n) is 31.2. The fourth-order valence-electron chi connectivity index (χ4n) is 8.82. The van der Waals surface area contributed by atoms with Crippen LogP contribution in [0.4, 0.5) is 17.1 Å². The van der Waals surface area contributed by atoms with E-state index in [0.29, 0.717) is 0 Å². The van der Waals surface area contributed by atoms with Crippen molar-refractivity contribution in [3.63, 3.8) is 0 Å². The van der Waals surface area contributed by atoms with Crippen LogP contribution >= 0.6 is 11.3 Å². The molecule has 3 heterocycles. The van der Waals surface area contributed by atoms with Gasteiger partial charge in [0.1, 0.15) is 22.3 Å². The van der Waals surface area contributed by atoms with Crippen LogP contribution in [0, 0.1) is 0 Å². The normalized spacial score (nSPS) is 11.8. The number of para-hydroxylation sites is 4. The molecule has 0 spiro atoms. The minimum atomic E-state index is 0.861. The van der Waals surface area contributed by atoms with E-state index in [1.54, 1.807) is 0 Å². The summed E-state index contributed by atoms with van der Waals surface area (Å²) in [5.41, 5.74) is 13.5. The van der Waals surface area contributed by atoms with Gasteiger partial charge in [0, 0.05) is 58.8 Å². The molecule has 0 aliphatic rings. The molecule has 12 rings (SSSR count). The van der Waals surface area contributed by atoms with Crippen molar-refractivity contribution < 1.29 is 8.83 Å². The smallest absolute Gasteiger partial charge is 0.145 e. The van der Waals surface area contributed by atoms with E-state index in [4.69, 9.17) is 8.83 Å². The number of furan rings is 2. The van der Waals surface area contributed by atoms with Crippen molar-refractivity contribution in [1.82, 2.24) is 0 Å². The highest BCUT2D eigenvalue weighted by molar-refractivity contribution is 7.26. The zero-order valence-corrected chi connectivity index (χ0v) is 32.0. The maximum atomic E-state index is 6.86. The first-order chi connectivity index (χ1) is 28.8. The topological polar surface area (TPSA) is 29.5 Å². The average Bonchev–Trinajstić information content (AvgIpc) is 3.99. The second kappa shape index (κ2) is 13.1. The van der Waals surface area contributed by atoms with Crippen LogP contribution < -0.4 is 4.90 Å². The lowest BCUT2D eigenvalue weighted by Crippen LogP contribution is -2.10. The molecule has 0 atom stereocenters. The van der Waals surface area contributed by atoms with Gasteiger partial charge in [-0.3, -0.25) is 0 Å². The van der Waals surface area contributed by atoms with Crippen LogP contribution in [0.3, 0.4) is 0 Å². The number of thiophene rings is 1. The molecule has 0 aliphatic carbocycles. The zero-order chi connectivity index (χ0) is 38.2.